The largest absolute Gasteiger partial charge is 0.296 e. The Labute approximate surface area is 127 Å². The molecular formula is C20H21N. The van der Waals surface area contributed by atoms with Gasteiger partial charge in [0, 0.05) is 19.6 Å². The molecule has 0 saturated carbocycles. The molecule has 1 nitrogen and oxygen atoms in total. The van der Waals surface area contributed by atoms with Crippen LogP contribution in [0.4, 0.5) is 0 Å². The Hall–Kier alpha value is -2.12. The van der Waals surface area contributed by atoms with Crippen LogP contribution in [0.3, 0.4) is 0 Å². The number of hydrogen-bond donors (Lipinski definition) is 0. The van der Waals surface area contributed by atoms with E-state index in [1.807, 2.05) is 0 Å². The minimum Gasteiger partial charge on any atom is -0.296 e. The lowest BCUT2D eigenvalue weighted by molar-refractivity contribution is 0.331. The molecule has 0 amide bonds. The smallest absolute Gasteiger partial charge is 0.0175 e. The Bertz CT molecular complexity index is 569. The number of nitrogens with zero attached hydrogens (tertiary/aromatic N) is 1. The van der Waals surface area contributed by atoms with Crippen LogP contribution >= 0.6 is 0 Å². The second-order valence-electron chi connectivity index (χ2n) is 5.37. The lowest BCUT2D eigenvalue weighted by Gasteiger charge is -2.22. The van der Waals surface area contributed by atoms with Gasteiger partial charge in [-0.05, 0) is 23.1 Å². The third-order valence-corrected chi connectivity index (χ3v) is 3.87. The summed E-state index contributed by atoms with van der Waals surface area (Å²) in [7, 11) is 0. The van der Waals surface area contributed by atoms with Gasteiger partial charge >= 0.3 is 0 Å². The predicted octanol–water partition coefficient (Wildman–Crippen LogP) is 4.38. The van der Waals surface area contributed by atoms with E-state index in [9.17, 15) is 0 Å². The molecule has 0 aromatic heterocycles. The van der Waals surface area contributed by atoms with Crippen molar-refractivity contribution in [3.8, 4) is 0 Å². The molecule has 21 heavy (non-hydrogen) atoms. The van der Waals surface area contributed by atoms with Gasteiger partial charge in [-0.1, -0.05) is 78.9 Å². The van der Waals surface area contributed by atoms with Crippen molar-refractivity contribution in [3.63, 3.8) is 0 Å². The highest BCUT2D eigenvalue weighted by Gasteiger charge is 2.07. The summed E-state index contributed by atoms with van der Waals surface area (Å²) >= 11 is 0. The van der Waals surface area contributed by atoms with Crippen LogP contribution in [0, 0.1) is 0 Å². The Balaban J connectivity index is 1.87. The molecule has 0 N–H and O–H groups in total. The summed E-state index contributed by atoms with van der Waals surface area (Å²) in [5.41, 5.74) is 3.90. The summed E-state index contributed by atoms with van der Waals surface area (Å²) in [6.07, 6.45) is 8.07. The summed E-state index contributed by atoms with van der Waals surface area (Å²) in [6.45, 7) is 3.22. The molecule has 1 aliphatic rings. The van der Waals surface area contributed by atoms with Gasteiger partial charge in [0.1, 0.15) is 0 Å². The van der Waals surface area contributed by atoms with Crippen LogP contribution in [0.15, 0.2) is 78.9 Å². The van der Waals surface area contributed by atoms with Crippen LogP contribution in [0.5, 0.6) is 0 Å². The third-order valence-electron chi connectivity index (χ3n) is 3.87. The number of hydrogen-bond acceptors (Lipinski definition) is 1. The standard InChI is InChI=1S/C20H21N/c1-4-10-18(11-5-1)20(19-12-6-2-7-13-19)14-17-21-15-8-3-9-16-21/h1-8,10-14H,9,15-17H2. The van der Waals surface area contributed by atoms with Crippen LogP contribution in [0.2, 0.25) is 0 Å². The second kappa shape index (κ2) is 7.05. The first-order chi connectivity index (χ1) is 10.4. The number of rotatable bonds is 4. The maximum absolute atomic E-state index is 2.48. The molecule has 0 fully saturated rings. The highest BCUT2D eigenvalue weighted by molar-refractivity contribution is 5.79. The molecule has 0 aliphatic carbocycles. The van der Waals surface area contributed by atoms with Gasteiger partial charge in [-0.2, -0.15) is 0 Å². The number of benzene rings is 2. The fourth-order valence-corrected chi connectivity index (χ4v) is 2.71. The van der Waals surface area contributed by atoms with Gasteiger partial charge in [-0.3, -0.25) is 4.90 Å². The lowest BCUT2D eigenvalue weighted by Crippen LogP contribution is -2.27. The van der Waals surface area contributed by atoms with Crippen molar-refractivity contribution in [2.45, 2.75) is 6.42 Å². The SMILES string of the molecule is C1=CCN(CC=C(c2ccccc2)c2ccccc2)CC1. The van der Waals surface area contributed by atoms with Crippen LogP contribution in [-0.2, 0) is 0 Å². The van der Waals surface area contributed by atoms with Crippen molar-refractivity contribution in [1.82, 2.24) is 4.90 Å². The van der Waals surface area contributed by atoms with Crippen LogP contribution in [0.25, 0.3) is 5.57 Å². The molecule has 0 radical (unpaired) electrons. The fraction of sp³-hybridized carbons (Fsp3) is 0.200. The van der Waals surface area contributed by atoms with Gasteiger partial charge in [0.15, 0.2) is 0 Å². The van der Waals surface area contributed by atoms with Gasteiger partial charge in [0.25, 0.3) is 0 Å². The van der Waals surface area contributed by atoms with E-state index in [4.69, 9.17) is 0 Å². The zero-order chi connectivity index (χ0) is 14.3. The Kier molecular flexibility index (Phi) is 4.65. The highest BCUT2D eigenvalue weighted by Crippen LogP contribution is 2.23. The molecule has 2 aromatic rings. The van der Waals surface area contributed by atoms with Crippen LogP contribution in [0.1, 0.15) is 17.5 Å². The van der Waals surface area contributed by atoms with E-state index in [0.29, 0.717) is 0 Å². The molecule has 0 spiro atoms. The van der Waals surface area contributed by atoms with Crippen molar-refractivity contribution in [3.05, 3.63) is 90.0 Å². The molecule has 0 atom stereocenters. The zero-order valence-electron chi connectivity index (χ0n) is 12.3. The fourth-order valence-electron chi connectivity index (χ4n) is 2.71. The molecular weight excluding hydrogens is 254 g/mol. The first-order valence-electron chi connectivity index (χ1n) is 7.62. The van der Waals surface area contributed by atoms with Gasteiger partial charge in [-0.25, -0.2) is 0 Å². The van der Waals surface area contributed by atoms with E-state index in [0.717, 1.165) is 19.6 Å². The van der Waals surface area contributed by atoms with Crippen molar-refractivity contribution in [1.29, 1.82) is 0 Å². The van der Waals surface area contributed by atoms with Crippen LogP contribution in [-0.4, -0.2) is 24.5 Å². The molecule has 1 heterocycles. The summed E-state index contributed by atoms with van der Waals surface area (Å²) < 4.78 is 0. The maximum atomic E-state index is 2.48. The molecule has 0 saturated heterocycles. The van der Waals surface area contributed by atoms with E-state index in [2.05, 4.69) is 83.8 Å². The minimum absolute atomic E-state index is 1.00. The first-order valence-corrected chi connectivity index (χ1v) is 7.62. The molecule has 3 rings (SSSR count). The van der Waals surface area contributed by atoms with Gasteiger partial charge in [-0.15, -0.1) is 0 Å². The normalized spacial score (nSPS) is 14.9. The molecule has 0 unspecified atom stereocenters. The van der Waals surface area contributed by atoms with E-state index in [1.165, 1.54) is 23.1 Å². The predicted molar refractivity (Wildman–Crippen MR) is 90.2 cm³/mol. The zero-order valence-corrected chi connectivity index (χ0v) is 12.3. The van der Waals surface area contributed by atoms with Gasteiger partial charge in [0.05, 0.1) is 0 Å². The average Bonchev–Trinajstić information content (AvgIpc) is 2.58. The molecule has 106 valence electrons. The summed E-state index contributed by atoms with van der Waals surface area (Å²) in [5.74, 6) is 0. The summed E-state index contributed by atoms with van der Waals surface area (Å²) in [5, 5.41) is 0. The second-order valence-corrected chi connectivity index (χ2v) is 5.37. The van der Waals surface area contributed by atoms with Crippen molar-refractivity contribution >= 4 is 5.57 Å². The first kappa shape index (κ1) is 13.8. The average molecular weight is 275 g/mol. The molecule has 0 bridgehead atoms. The summed E-state index contributed by atoms with van der Waals surface area (Å²) in [6, 6.07) is 21.3. The van der Waals surface area contributed by atoms with Gasteiger partial charge in [0.2, 0.25) is 0 Å². The monoisotopic (exact) mass is 275 g/mol. The maximum Gasteiger partial charge on any atom is 0.0175 e. The van der Waals surface area contributed by atoms with Crippen molar-refractivity contribution < 1.29 is 0 Å². The highest BCUT2D eigenvalue weighted by atomic mass is 15.1. The third kappa shape index (κ3) is 3.71. The van der Waals surface area contributed by atoms with Crippen molar-refractivity contribution in [2.24, 2.45) is 0 Å². The summed E-state index contributed by atoms with van der Waals surface area (Å²) in [4.78, 5) is 2.48. The minimum atomic E-state index is 1.00. The van der Waals surface area contributed by atoms with E-state index >= 15 is 0 Å². The molecule has 1 heteroatoms. The van der Waals surface area contributed by atoms with Crippen molar-refractivity contribution in [2.75, 3.05) is 19.6 Å². The van der Waals surface area contributed by atoms with Gasteiger partial charge < -0.3 is 0 Å². The Morgan fingerprint density at radius 1 is 0.857 bits per heavy atom. The molecule has 1 aliphatic heterocycles. The lowest BCUT2D eigenvalue weighted by atomic mass is 9.97. The Morgan fingerprint density at radius 3 is 2.00 bits per heavy atom. The van der Waals surface area contributed by atoms with E-state index in [-0.39, 0.29) is 0 Å². The van der Waals surface area contributed by atoms with E-state index in [1.54, 1.807) is 0 Å². The molecule has 2 aromatic carbocycles. The Morgan fingerprint density at radius 2 is 1.48 bits per heavy atom. The van der Waals surface area contributed by atoms with E-state index < -0.39 is 0 Å². The topological polar surface area (TPSA) is 3.24 Å². The quantitative estimate of drug-likeness (QED) is 0.748. The van der Waals surface area contributed by atoms with Crippen LogP contribution < -0.4 is 0 Å².